The number of para-hydroxylation sites is 1. The van der Waals surface area contributed by atoms with E-state index in [0.29, 0.717) is 5.75 Å². The van der Waals surface area contributed by atoms with E-state index in [9.17, 15) is 17.6 Å². The fraction of sp³-hybridized carbons (Fsp3) is 0.200. The minimum Gasteiger partial charge on any atom is -0.492 e. The van der Waals surface area contributed by atoms with Gasteiger partial charge in [0, 0.05) is 12.7 Å². The first-order valence-electron chi connectivity index (χ1n) is 8.70. The molecule has 0 unspecified atom stereocenters. The van der Waals surface area contributed by atoms with Gasteiger partial charge in [0.2, 0.25) is 5.95 Å². The molecule has 0 aliphatic carbocycles. The standard InChI is InChI=1S/C20H18F4N4O/c21-17-7-6-14(12-16(17)20(22,23)24)13-28(19-26-9-8-18(25)27-19)10-11-29-15-4-2-1-3-5-15/h1-9,12H,10-11,13H2,(H2,25,26,27). The summed E-state index contributed by atoms with van der Waals surface area (Å²) in [5.74, 6) is -0.207. The molecular weight excluding hydrogens is 388 g/mol. The number of alkyl halides is 3. The van der Waals surface area contributed by atoms with Crippen LogP contribution in [-0.4, -0.2) is 23.1 Å². The Labute approximate surface area is 164 Å². The number of nitrogens with zero attached hydrogens (tertiary/aromatic N) is 3. The molecule has 29 heavy (non-hydrogen) atoms. The van der Waals surface area contributed by atoms with Crippen LogP contribution in [0.5, 0.6) is 5.75 Å². The molecule has 3 aromatic rings. The molecule has 2 N–H and O–H groups in total. The van der Waals surface area contributed by atoms with Gasteiger partial charge in [-0.25, -0.2) is 9.37 Å². The summed E-state index contributed by atoms with van der Waals surface area (Å²) in [6.07, 6.45) is -3.33. The summed E-state index contributed by atoms with van der Waals surface area (Å²) < 4.78 is 58.3. The Morgan fingerprint density at radius 1 is 1.03 bits per heavy atom. The van der Waals surface area contributed by atoms with Gasteiger partial charge in [0.1, 0.15) is 24.0 Å². The predicted octanol–water partition coefficient (Wildman–Crippen LogP) is 4.30. The fourth-order valence-electron chi connectivity index (χ4n) is 2.66. The van der Waals surface area contributed by atoms with E-state index >= 15 is 0 Å². The van der Waals surface area contributed by atoms with Gasteiger partial charge in [0.15, 0.2) is 0 Å². The van der Waals surface area contributed by atoms with E-state index in [2.05, 4.69) is 9.97 Å². The number of aromatic nitrogens is 2. The zero-order chi connectivity index (χ0) is 20.9. The van der Waals surface area contributed by atoms with Crippen molar-refractivity contribution in [3.05, 3.63) is 77.7 Å². The number of halogens is 4. The molecule has 0 atom stereocenters. The molecule has 9 heteroatoms. The lowest BCUT2D eigenvalue weighted by atomic mass is 10.1. The molecule has 5 nitrogen and oxygen atoms in total. The van der Waals surface area contributed by atoms with Crippen LogP contribution in [0.1, 0.15) is 11.1 Å². The van der Waals surface area contributed by atoms with Crippen molar-refractivity contribution in [2.45, 2.75) is 12.7 Å². The van der Waals surface area contributed by atoms with Gasteiger partial charge in [-0.3, -0.25) is 0 Å². The second-order valence-corrected chi connectivity index (χ2v) is 6.18. The highest BCUT2D eigenvalue weighted by atomic mass is 19.4. The molecule has 3 rings (SSSR count). The molecule has 0 aliphatic heterocycles. The van der Waals surface area contributed by atoms with Crippen LogP contribution < -0.4 is 15.4 Å². The predicted molar refractivity (Wildman–Crippen MR) is 101 cm³/mol. The average molecular weight is 406 g/mol. The van der Waals surface area contributed by atoms with Crippen molar-refractivity contribution in [3.8, 4) is 5.75 Å². The van der Waals surface area contributed by atoms with Crippen molar-refractivity contribution >= 4 is 11.8 Å². The van der Waals surface area contributed by atoms with E-state index in [1.54, 1.807) is 17.0 Å². The van der Waals surface area contributed by atoms with Crippen molar-refractivity contribution in [2.75, 3.05) is 23.8 Å². The Hall–Kier alpha value is -3.36. The summed E-state index contributed by atoms with van der Waals surface area (Å²) in [7, 11) is 0. The van der Waals surface area contributed by atoms with Crippen LogP contribution in [0.3, 0.4) is 0 Å². The Morgan fingerprint density at radius 2 is 1.79 bits per heavy atom. The van der Waals surface area contributed by atoms with Gasteiger partial charge in [-0.1, -0.05) is 24.3 Å². The summed E-state index contributed by atoms with van der Waals surface area (Å²) in [6, 6.07) is 13.5. The largest absolute Gasteiger partial charge is 0.492 e. The molecule has 0 saturated heterocycles. The summed E-state index contributed by atoms with van der Waals surface area (Å²) in [6.45, 7) is 0.525. The van der Waals surface area contributed by atoms with Crippen LogP contribution in [0.25, 0.3) is 0 Å². The maximum absolute atomic E-state index is 13.6. The first-order chi connectivity index (χ1) is 13.8. The second-order valence-electron chi connectivity index (χ2n) is 6.18. The summed E-state index contributed by atoms with van der Waals surface area (Å²) >= 11 is 0. The maximum atomic E-state index is 13.6. The van der Waals surface area contributed by atoms with E-state index < -0.39 is 17.6 Å². The van der Waals surface area contributed by atoms with Gasteiger partial charge in [-0.05, 0) is 35.9 Å². The van der Waals surface area contributed by atoms with E-state index in [0.717, 1.165) is 12.1 Å². The SMILES string of the molecule is Nc1ccnc(N(CCOc2ccccc2)Cc2ccc(F)c(C(F)(F)F)c2)n1. The van der Waals surface area contributed by atoms with Crippen molar-refractivity contribution in [3.63, 3.8) is 0 Å². The van der Waals surface area contributed by atoms with Gasteiger partial charge in [0.05, 0.1) is 12.1 Å². The van der Waals surface area contributed by atoms with Gasteiger partial charge in [-0.2, -0.15) is 18.2 Å². The Kier molecular flexibility index (Phi) is 6.16. The highest BCUT2D eigenvalue weighted by Crippen LogP contribution is 2.32. The maximum Gasteiger partial charge on any atom is 0.419 e. The van der Waals surface area contributed by atoms with Gasteiger partial charge in [-0.15, -0.1) is 0 Å². The molecule has 0 fully saturated rings. The minimum absolute atomic E-state index is 0.0188. The topological polar surface area (TPSA) is 64.3 Å². The van der Waals surface area contributed by atoms with Crippen molar-refractivity contribution in [2.24, 2.45) is 0 Å². The monoisotopic (exact) mass is 406 g/mol. The lowest BCUT2D eigenvalue weighted by molar-refractivity contribution is -0.140. The van der Waals surface area contributed by atoms with Crippen molar-refractivity contribution in [1.29, 1.82) is 0 Å². The lowest BCUT2D eigenvalue weighted by Crippen LogP contribution is -2.30. The molecule has 152 valence electrons. The first kappa shape index (κ1) is 20.4. The normalized spacial score (nSPS) is 11.3. The molecule has 2 aromatic carbocycles. The highest BCUT2D eigenvalue weighted by molar-refractivity contribution is 5.39. The van der Waals surface area contributed by atoms with E-state index in [1.165, 1.54) is 18.3 Å². The molecular formula is C20H18F4N4O. The Balaban J connectivity index is 1.80. The molecule has 1 aromatic heterocycles. The van der Waals surface area contributed by atoms with Gasteiger partial charge < -0.3 is 15.4 Å². The highest BCUT2D eigenvalue weighted by Gasteiger charge is 2.34. The fourth-order valence-corrected chi connectivity index (χ4v) is 2.66. The number of ether oxygens (including phenoxy) is 1. The lowest BCUT2D eigenvalue weighted by Gasteiger charge is -2.23. The molecule has 1 heterocycles. The number of hydrogen-bond donors (Lipinski definition) is 1. The van der Waals surface area contributed by atoms with Crippen LogP contribution >= 0.6 is 0 Å². The molecule has 0 saturated carbocycles. The summed E-state index contributed by atoms with van der Waals surface area (Å²) in [4.78, 5) is 9.88. The molecule has 0 radical (unpaired) electrons. The third-order valence-electron chi connectivity index (χ3n) is 4.03. The number of benzene rings is 2. The smallest absolute Gasteiger partial charge is 0.419 e. The number of rotatable bonds is 7. The van der Waals surface area contributed by atoms with Crippen LogP contribution in [0.2, 0.25) is 0 Å². The van der Waals surface area contributed by atoms with Crippen molar-refractivity contribution in [1.82, 2.24) is 9.97 Å². The second kappa shape index (κ2) is 8.76. The van der Waals surface area contributed by atoms with Crippen LogP contribution in [0, 0.1) is 5.82 Å². The zero-order valence-corrected chi connectivity index (χ0v) is 15.2. The third kappa shape index (κ3) is 5.56. The average Bonchev–Trinajstić information content (AvgIpc) is 2.68. The van der Waals surface area contributed by atoms with Gasteiger partial charge >= 0.3 is 6.18 Å². The minimum atomic E-state index is -4.78. The van der Waals surface area contributed by atoms with E-state index in [-0.39, 0.29) is 37.0 Å². The van der Waals surface area contributed by atoms with E-state index in [1.807, 2.05) is 18.2 Å². The molecule has 0 aliphatic rings. The zero-order valence-electron chi connectivity index (χ0n) is 15.2. The third-order valence-corrected chi connectivity index (χ3v) is 4.03. The summed E-state index contributed by atoms with van der Waals surface area (Å²) in [5, 5.41) is 0. The van der Waals surface area contributed by atoms with Crippen molar-refractivity contribution < 1.29 is 22.3 Å². The molecule has 0 spiro atoms. The molecule has 0 bridgehead atoms. The Morgan fingerprint density at radius 3 is 2.48 bits per heavy atom. The van der Waals surface area contributed by atoms with E-state index in [4.69, 9.17) is 10.5 Å². The first-order valence-corrected chi connectivity index (χ1v) is 8.70. The quantitative estimate of drug-likeness (QED) is 0.593. The number of nitrogens with two attached hydrogens (primary N) is 1. The number of hydrogen-bond acceptors (Lipinski definition) is 5. The van der Waals surface area contributed by atoms with Crippen LogP contribution in [-0.2, 0) is 12.7 Å². The Bertz CT molecular complexity index is 951. The number of nitrogen functional groups attached to an aromatic ring is 1. The van der Waals surface area contributed by atoms with Crippen LogP contribution in [0.15, 0.2) is 60.8 Å². The van der Waals surface area contributed by atoms with Crippen LogP contribution in [0.4, 0.5) is 29.3 Å². The number of anilines is 2. The van der Waals surface area contributed by atoms with Gasteiger partial charge in [0.25, 0.3) is 0 Å². The summed E-state index contributed by atoms with van der Waals surface area (Å²) in [5.41, 5.74) is 4.64. The molecule has 0 amide bonds.